The maximum Gasteiger partial charge on any atom is 0.123 e. The van der Waals surface area contributed by atoms with Crippen LogP contribution in [-0.4, -0.2) is 24.8 Å². The molecule has 1 aromatic rings. The molecule has 19 heavy (non-hydrogen) atoms. The highest BCUT2D eigenvalue weighted by molar-refractivity contribution is 5.17. The number of hydrogen-bond acceptors (Lipinski definition) is 2. The van der Waals surface area contributed by atoms with E-state index < -0.39 is 0 Å². The van der Waals surface area contributed by atoms with Gasteiger partial charge in [0, 0.05) is 6.04 Å². The molecule has 1 aromatic carbocycles. The monoisotopic (exact) mass is 267 g/mol. The molecule has 0 spiro atoms. The Hall–Kier alpha value is -0.930. The van der Waals surface area contributed by atoms with Crippen molar-refractivity contribution >= 4 is 0 Å². The van der Waals surface area contributed by atoms with E-state index in [1.807, 2.05) is 12.1 Å². The molecule has 0 heterocycles. The Labute approximate surface area is 116 Å². The zero-order chi connectivity index (χ0) is 14.3. The smallest absolute Gasteiger partial charge is 0.123 e. The Bertz CT molecular complexity index is 356. The maximum absolute atomic E-state index is 12.9. The highest BCUT2D eigenvalue weighted by atomic mass is 19.1. The van der Waals surface area contributed by atoms with E-state index in [2.05, 4.69) is 33.0 Å². The van der Waals surface area contributed by atoms with Gasteiger partial charge in [0.25, 0.3) is 0 Å². The second-order valence-corrected chi connectivity index (χ2v) is 5.91. The fourth-order valence-corrected chi connectivity index (χ4v) is 1.79. The second kappa shape index (κ2) is 7.61. The summed E-state index contributed by atoms with van der Waals surface area (Å²) in [5.41, 5.74) is 1.00. The van der Waals surface area contributed by atoms with Crippen molar-refractivity contribution in [1.29, 1.82) is 0 Å². The molecule has 0 radical (unpaired) electrons. The normalized spacial score (nSPS) is 13.5. The molecule has 0 aliphatic carbocycles. The number of ether oxygens (including phenoxy) is 1. The van der Waals surface area contributed by atoms with E-state index >= 15 is 0 Å². The zero-order valence-corrected chi connectivity index (χ0v) is 12.5. The first-order chi connectivity index (χ1) is 8.90. The van der Waals surface area contributed by atoms with Crippen molar-refractivity contribution in [2.45, 2.75) is 52.2 Å². The average molecular weight is 267 g/mol. The van der Waals surface area contributed by atoms with Gasteiger partial charge in [-0.3, -0.25) is 0 Å². The van der Waals surface area contributed by atoms with E-state index in [9.17, 15) is 4.39 Å². The molecular weight excluding hydrogens is 241 g/mol. The van der Waals surface area contributed by atoms with E-state index in [0.717, 1.165) is 24.9 Å². The highest BCUT2D eigenvalue weighted by Gasteiger charge is 2.15. The summed E-state index contributed by atoms with van der Waals surface area (Å²) in [6.45, 7) is 9.96. The molecule has 3 heteroatoms. The van der Waals surface area contributed by atoms with E-state index in [0.29, 0.717) is 6.61 Å². The topological polar surface area (TPSA) is 21.3 Å². The lowest BCUT2D eigenvalue weighted by Gasteiger charge is -2.25. The lowest BCUT2D eigenvalue weighted by Crippen LogP contribution is -2.38. The summed E-state index contributed by atoms with van der Waals surface area (Å²) >= 11 is 0. The van der Waals surface area contributed by atoms with Gasteiger partial charge in [-0.05, 0) is 57.9 Å². The Kier molecular flexibility index (Phi) is 6.46. The van der Waals surface area contributed by atoms with Crippen LogP contribution in [0.4, 0.5) is 4.39 Å². The van der Waals surface area contributed by atoms with Crippen LogP contribution in [0.25, 0.3) is 0 Å². The van der Waals surface area contributed by atoms with E-state index in [1.54, 1.807) is 0 Å². The molecule has 0 aliphatic heterocycles. The number of halogens is 1. The minimum Gasteiger partial charge on any atom is -0.374 e. The van der Waals surface area contributed by atoms with Crippen LogP contribution >= 0.6 is 0 Å². The van der Waals surface area contributed by atoms with Crippen molar-refractivity contribution in [1.82, 2.24) is 5.32 Å². The molecule has 0 aromatic heterocycles. The van der Waals surface area contributed by atoms with Gasteiger partial charge < -0.3 is 10.1 Å². The quantitative estimate of drug-likeness (QED) is 0.815. The van der Waals surface area contributed by atoms with Crippen molar-refractivity contribution in [2.24, 2.45) is 0 Å². The summed E-state index contributed by atoms with van der Waals surface area (Å²) < 4.78 is 18.7. The van der Waals surface area contributed by atoms with Crippen molar-refractivity contribution in [3.63, 3.8) is 0 Å². The Morgan fingerprint density at radius 1 is 1.21 bits per heavy atom. The predicted octanol–water partition coefficient (Wildman–Crippen LogP) is 3.55. The first-order valence-corrected chi connectivity index (χ1v) is 7.02. The van der Waals surface area contributed by atoms with E-state index in [-0.39, 0.29) is 17.5 Å². The molecule has 1 unspecified atom stereocenters. The molecular formula is C16H26FNO. The third kappa shape index (κ3) is 7.28. The predicted molar refractivity (Wildman–Crippen MR) is 77.9 cm³/mol. The summed E-state index contributed by atoms with van der Waals surface area (Å²) in [6.07, 6.45) is 1.95. The lowest BCUT2D eigenvalue weighted by molar-refractivity contribution is -0.0143. The van der Waals surface area contributed by atoms with Gasteiger partial charge in [0.1, 0.15) is 5.82 Å². The summed E-state index contributed by atoms with van der Waals surface area (Å²) in [7, 11) is 0. The molecule has 0 amide bonds. The van der Waals surface area contributed by atoms with Crippen molar-refractivity contribution in [3.8, 4) is 0 Å². The standard InChI is InChI=1S/C16H26FNO/c1-5-10-18-15(12-19-16(2,3)4)11-13-6-8-14(17)9-7-13/h6-9,15,18H,5,10-12H2,1-4H3. The lowest BCUT2D eigenvalue weighted by atomic mass is 10.1. The van der Waals surface area contributed by atoms with Gasteiger partial charge >= 0.3 is 0 Å². The molecule has 1 N–H and O–H groups in total. The first kappa shape index (κ1) is 16.1. The second-order valence-electron chi connectivity index (χ2n) is 5.91. The number of hydrogen-bond donors (Lipinski definition) is 1. The van der Waals surface area contributed by atoms with Gasteiger partial charge in [-0.15, -0.1) is 0 Å². The van der Waals surface area contributed by atoms with Gasteiger partial charge in [0.15, 0.2) is 0 Å². The van der Waals surface area contributed by atoms with E-state index in [1.165, 1.54) is 12.1 Å². The van der Waals surface area contributed by atoms with Crippen molar-refractivity contribution in [2.75, 3.05) is 13.2 Å². The third-order valence-electron chi connectivity index (χ3n) is 2.80. The zero-order valence-electron chi connectivity index (χ0n) is 12.5. The van der Waals surface area contributed by atoms with Crippen LogP contribution in [0.15, 0.2) is 24.3 Å². The van der Waals surface area contributed by atoms with E-state index in [4.69, 9.17) is 4.74 Å². The Balaban J connectivity index is 2.55. The fourth-order valence-electron chi connectivity index (χ4n) is 1.79. The van der Waals surface area contributed by atoms with Crippen LogP contribution in [0.5, 0.6) is 0 Å². The summed E-state index contributed by atoms with van der Waals surface area (Å²) in [5, 5.41) is 3.49. The van der Waals surface area contributed by atoms with Gasteiger partial charge in [-0.25, -0.2) is 4.39 Å². The fraction of sp³-hybridized carbons (Fsp3) is 0.625. The van der Waals surface area contributed by atoms with Crippen molar-refractivity contribution in [3.05, 3.63) is 35.6 Å². The number of nitrogens with one attached hydrogen (secondary N) is 1. The van der Waals surface area contributed by atoms with Crippen molar-refractivity contribution < 1.29 is 9.13 Å². The molecule has 0 bridgehead atoms. The minimum atomic E-state index is -0.187. The maximum atomic E-state index is 12.9. The van der Waals surface area contributed by atoms with Gasteiger partial charge in [0.05, 0.1) is 12.2 Å². The van der Waals surface area contributed by atoms with Crippen LogP contribution in [0.3, 0.4) is 0 Å². The molecule has 0 saturated heterocycles. The highest BCUT2D eigenvalue weighted by Crippen LogP contribution is 2.11. The summed E-state index contributed by atoms with van der Waals surface area (Å²) in [4.78, 5) is 0. The van der Waals surface area contributed by atoms with Crippen LogP contribution in [-0.2, 0) is 11.2 Å². The SMILES string of the molecule is CCCNC(COC(C)(C)C)Cc1ccc(F)cc1. The first-order valence-electron chi connectivity index (χ1n) is 7.02. The largest absolute Gasteiger partial charge is 0.374 e. The third-order valence-corrected chi connectivity index (χ3v) is 2.80. The van der Waals surface area contributed by atoms with Crippen LogP contribution in [0.1, 0.15) is 39.7 Å². The Morgan fingerprint density at radius 3 is 2.37 bits per heavy atom. The summed E-state index contributed by atoms with van der Waals surface area (Å²) in [6, 6.07) is 6.97. The molecule has 0 fully saturated rings. The molecule has 108 valence electrons. The van der Waals surface area contributed by atoms with Crippen LogP contribution in [0.2, 0.25) is 0 Å². The van der Waals surface area contributed by atoms with Gasteiger partial charge in [-0.2, -0.15) is 0 Å². The molecule has 1 atom stereocenters. The molecule has 0 saturated carbocycles. The number of rotatable bonds is 7. The van der Waals surface area contributed by atoms with Gasteiger partial charge in [0.2, 0.25) is 0 Å². The molecule has 1 rings (SSSR count). The minimum absolute atomic E-state index is 0.130. The average Bonchev–Trinajstić information content (AvgIpc) is 2.34. The molecule has 0 aliphatic rings. The Morgan fingerprint density at radius 2 is 1.84 bits per heavy atom. The molecule has 2 nitrogen and oxygen atoms in total. The number of benzene rings is 1. The van der Waals surface area contributed by atoms with Crippen LogP contribution < -0.4 is 5.32 Å². The van der Waals surface area contributed by atoms with Crippen LogP contribution in [0, 0.1) is 5.82 Å². The van der Waals surface area contributed by atoms with Gasteiger partial charge in [-0.1, -0.05) is 19.1 Å². The summed E-state index contributed by atoms with van der Waals surface area (Å²) in [5.74, 6) is -0.187.